The van der Waals surface area contributed by atoms with E-state index < -0.39 is 0 Å². The molecule has 2 rings (SSSR count). The zero-order valence-electron chi connectivity index (χ0n) is 13.0. The predicted octanol–water partition coefficient (Wildman–Crippen LogP) is 5.98. The molecule has 0 aromatic rings. The number of hydrogen-bond acceptors (Lipinski definition) is 0. The molecule has 0 amide bonds. The van der Waals surface area contributed by atoms with Crippen molar-refractivity contribution in [1.29, 1.82) is 0 Å². The standard InChI is InChI=1S/C18H32/c1-6-7-9-15-14(2)10-11-16-17(3,4)12-8-13-18(15,16)5/h15-16H,2,6-13H2,1,3-5H3. The SMILES string of the molecule is C=C1CCC2C(C)(C)CCCC2(C)C1CCCC. The molecule has 3 atom stereocenters. The summed E-state index contributed by atoms with van der Waals surface area (Å²) in [7, 11) is 0. The summed E-state index contributed by atoms with van der Waals surface area (Å²) in [6.07, 6.45) is 11.1. The van der Waals surface area contributed by atoms with Crippen molar-refractivity contribution in [2.24, 2.45) is 22.7 Å². The molecule has 3 unspecified atom stereocenters. The van der Waals surface area contributed by atoms with E-state index in [2.05, 4.69) is 34.3 Å². The fourth-order valence-electron chi connectivity index (χ4n) is 5.22. The Morgan fingerprint density at radius 3 is 2.61 bits per heavy atom. The number of fused-ring (bicyclic) bond motifs is 1. The first-order valence-corrected chi connectivity index (χ1v) is 8.09. The first-order chi connectivity index (χ1) is 8.42. The lowest BCUT2D eigenvalue weighted by atomic mass is 9.47. The lowest BCUT2D eigenvalue weighted by Crippen LogP contribution is -2.49. The molecule has 0 bridgehead atoms. The van der Waals surface area contributed by atoms with Crippen LogP contribution in [0.2, 0.25) is 0 Å². The minimum absolute atomic E-state index is 0.548. The van der Waals surface area contributed by atoms with E-state index in [0.29, 0.717) is 10.8 Å². The molecule has 0 spiro atoms. The van der Waals surface area contributed by atoms with Crippen LogP contribution in [0.3, 0.4) is 0 Å². The highest BCUT2D eigenvalue weighted by Gasteiger charge is 2.52. The molecule has 2 aliphatic rings. The monoisotopic (exact) mass is 248 g/mol. The molecule has 0 N–H and O–H groups in total. The summed E-state index contributed by atoms with van der Waals surface area (Å²) in [5, 5.41) is 0. The van der Waals surface area contributed by atoms with E-state index in [4.69, 9.17) is 0 Å². The molecule has 104 valence electrons. The largest absolute Gasteiger partial charge is 0.0996 e. The van der Waals surface area contributed by atoms with Crippen LogP contribution in [0.4, 0.5) is 0 Å². The lowest BCUT2D eigenvalue weighted by molar-refractivity contribution is -0.0544. The molecule has 2 fully saturated rings. The Hall–Kier alpha value is -0.260. The minimum Gasteiger partial charge on any atom is -0.0996 e. The Morgan fingerprint density at radius 2 is 1.94 bits per heavy atom. The van der Waals surface area contributed by atoms with Gasteiger partial charge in [0.05, 0.1) is 0 Å². The summed E-state index contributed by atoms with van der Waals surface area (Å²) >= 11 is 0. The fraction of sp³-hybridized carbons (Fsp3) is 0.889. The first kappa shape index (κ1) is 14.2. The highest BCUT2D eigenvalue weighted by Crippen LogP contribution is 2.61. The number of unbranched alkanes of at least 4 members (excludes halogenated alkanes) is 1. The fourth-order valence-corrected chi connectivity index (χ4v) is 5.22. The van der Waals surface area contributed by atoms with E-state index >= 15 is 0 Å². The Morgan fingerprint density at radius 1 is 1.22 bits per heavy atom. The Bertz CT molecular complexity index is 312. The van der Waals surface area contributed by atoms with Crippen LogP contribution in [0.15, 0.2) is 12.2 Å². The average Bonchev–Trinajstić information content (AvgIpc) is 2.27. The third-order valence-corrected chi connectivity index (χ3v) is 6.17. The molecule has 18 heavy (non-hydrogen) atoms. The first-order valence-electron chi connectivity index (χ1n) is 8.09. The summed E-state index contributed by atoms with van der Waals surface area (Å²) < 4.78 is 0. The van der Waals surface area contributed by atoms with E-state index in [1.54, 1.807) is 5.57 Å². The van der Waals surface area contributed by atoms with E-state index in [1.807, 2.05) is 0 Å². The molecule has 0 aromatic carbocycles. The maximum Gasteiger partial charge on any atom is -0.0149 e. The highest BCUT2D eigenvalue weighted by atomic mass is 14.6. The number of rotatable bonds is 3. The van der Waals surface area contributed by atoms with E-state index in [0.717, 1.165) is 11.8 Å². The topological polar surface area (TPSA) is 0 Å². The quantitative estimate of drug-likeness (QED) is 0.539. The van der Waals surface area contributed by atoms with Crippen LogP contribution < -0.4 is 0 Å². The summed E-state index contributed by atoms with van der Waals surface area (Å²) in [5.74, 6) is 1.72. The Kier molecular flexibility index (Phi) is 3.95. The van der Waals surface area contributed by atoms with E-state index in [1.165, 1.54) is 51.4 Å². The van der Waals surface area contributed by atoms with Gasteiger partial charge in [-0.25, -0.2) is 0 Å². The van der Waals surface area contributed by atoms with Crippen LogP contribution >= 0.6 is 0 Å². The van der Waals surface area contributed by atoms with Crippen molar-refractivity contribution >= 4 is 0 Å². The van der Waals surface area contributed by atoms with Crippen molar-refractivity contribution in [1.82, 2.24) is 0 Å². The second kappa shape index (κ2) is 5.02. The van der Waals surface area contributed by atoms with Crippen molar-refractivity contribution < 1.29 is 0 Å². The zero-order chi connectivity index (χ0) is 13.4. The zero-order valence-corrected chi connectivity index (χ0v) is 13.0. The van der Waals surface area contributed by atoms with Gasteiger partial charge in [0.25, 0.3) is 0 Å². The maximum atomic E-state index is 4.43. The van der Waals surface area contributed by atoms with Crippen LogP contribution in [0.25, 0.3) is 0 Å². The molecule has 2 saturated carbocycles. The molecule has 0 heteroatoms. The highest BCUT2D eigenvalue weighted by molar-refractivity contribution is 5.15. The maximum absolute atomic E-state index is 4.43. The molecule has 0 aromatic heterocycles. The van der Waals surface area contributed by atoms with Crippen molar-refractivity contribution in [3.8, 4) is 0 Å². The third kappa shape index (κ3) is 2.28. The van der Waals surface area contributed by atoms with Crippen LogP contribution in [0, 0.1) is 22.7 Å². The molecular weight excluding hydrogens is 216 g/mol. The van der Waals surface area contributed by atoms with Gasteiger partial charge >= 0.3 is 0 Å². The van der Waals surface area contributed by atoms with Crippen molar-refractivity contribution in [3.63, 3.8) is 0 Å². The summed E-state index contributed by atoms with van der Waals surface area (Å²) in [6, 6.07) is 0. The number of hydrogen-bond donors (Lipinski definition) is 0. The van der Waals surface area contributed by atoms with Crippen LogP contribution in [0.5, 0.6) is 0 Å². The van der Waals surface area contributed by atoms with Gasteiger partial charge < -0.3 is 0 Å². The van der Waals surface area contributed by atoms with E-state index in [-0.39, 0.29) is 0 Å². The summed E-state index contributed by atoms with van der Waals surface area (Å²) in [4.78, 5) is 0. The van der Waals surface area contributed by atoms with Crippen LogP contribution in [-0.4, -0.2) is 0 Å². The molecule has 0 aliphatic heterocycles. The Labute approximate surface area is 114 Å². The van der Waals surface area contributed by atoms with Crippen molar-refractivity contribution in [2.45, 2.75) is 79.1 Å². The molecule has 0 saturated heterocycles. The van der Waals surface area contributed by atoms with E-state index in [9.17, 15) is 0 Å². The summed E-state index contributed by atoms with van der Waals surface area (Å²) in [5.41, 5.74) is 2.67. The van der Waals surface area contributed by atoms with Gasteiger partial charge in [-0.05, 0) is 54.8 Å². The molecular formula is C18H32. The smallest absolute Gasteiger partial charge is 0.0149 e. The van der Waals surface area contributed by atoms with Crippen molar-refractivity contribution in [3.05, 3.63) is 12.2 Å². The molecule has 2 aliphatic carbocycles. The molecule has 0 radical (unpaired) electrons. The van der Waals surface area contributed by atoms with Gasteiger partial charge in [-0.2, -0.15) is 0 Å². The van der Waals surface area contributed by atoms with Crippen molar-refractivity contribution in [2.75, 3.05) is 0 Å². The van der Waals surface area contributed by atoms with Gasteiger partial charge in [-0.1, -0.05) is 59.1 Å². The summed E-state index contributed by atoms with van der Waals surface area (Å²) in [6.45, 7) is 14.4. The average molecular weight is 248 g/mol. The van der Waals surface area contributed by atoms with Gasteiger partial charge in [-0.15, -0.1) is 0 Å². The van der Waals surface area contributed by atoms with Gasteiger partial charge in [-0.3, -0.25) is 0 Å². The Balaban J connectivity index is 2.25. The van der Waals surface area contributed by atoms with Gasteiger partial charge in [0.1, 0.15) is 0 Å². The van der Waals surface area contributed by atoms with Gasteiger partial charge in [0.15, 0.2) is 0 Å². The van der Waals surface area contributed by atoms with Crippen LogP contribution in [0.1, 0.15) is 79.1 Å². The normalized spacial score (nSPS) is 39.4. The third-order valence-electron chi connectivity index (χ3n) is 6.17. The molecule has 0 heterocycles. The van der Waals surface area contributed by atoms with Gasteiger partial charge in [0, 0.05) is 0 Å². The lowest BCUT2D eigenvalue weighted by Gasteiger charge is -2.58. The predicted molar refractivity (Wildman–Crippen MR) is 80.6 cm³/mol. The van der Waals surface area contributed by atoms with Crippen LogP contribution in [-0.2, 0) is 0 Å². The second-order valence-corrected chi connectivity index (χ2v) is 7.79. The second-order valence-electron chi connectivity index (χ2n) is 7.79. The molecule has 0 nitrogen and oxygen atoms in total. The minimum atomic E-state index is 0.548. The van der Waals surface area contributed by atoms with Gasteiger partial charge in [0.2, 0.25) is 0 Å². The number of allylic oxidation sites excluding steroid dienone is 1.